The van der Waals surface area contributed by atoms with E-state index in [0.717, 1.165) is 21.0 Å². The molecule has 41 heavy (non-hydrogen) atoms. The van der Waals surface area contributed by atoms with Crippen LogP contribution in [0.25, 0.3) is 0 Å². The van der Waals surface area contributed by atoms with E-state index in [9.17, 15) is 18.0 Å². The highest BCUT2D eigenvalue weighted by molar-refractivity contribution is 7.89. The number of carbonyl (C=O) groups excluding carboxylic acids is 2. The lowest BCUT2D eigenvalue weighted by atomic mass is 9.87. The van der Waals surface area contributed by atoms with Crippen molar-refractivity contribution in [3.8, 4) is 11.8 Å². The monoisotopic (exact) mass is 571 g/mol. The number of piperidine rings is 1. The molecule has 1 heterocycles. The van der Waals surface area contributed by atoms with E-state index in [-0.39, 0.29) is 11.9 Å². The molecule has 3 aromatic carbocycles. The predicted molar refractivity (Wildman–Crippen MR) is 162 cm³/mol. The number of sulfonamides is 1. The Morgan fingerprint density at radius 1 is 0.878 bits per heavy atom. The van der Waals surface area contributed by atoms with Gasteiger partial charge in [0.15, 0.2) is 5.78 Å². The minimum Gasteiger partial charge on any atom is -0.332 e. The Labute approximate surface area is 243 Å². The van der Waals surface area contributed by atoms with Crippen LogP contribution in [0.4, 0.5) is 0 Å². The molecule has 0 radical (unpaired) electrons. The molecule has 214 valence electrons. The van der Waals surface area contributed by atoms with Gasteiger partial charge in [0, 0.05) is 32.2 Å². The highest BCUT2D eigenvalue weighted by atomic mass is 32.2. The Kier molecular flexibility index (Phi) is 10.1. The van der Waals surface area contributed by atoms with Gasteiger partial charge in [-0.1, -0.05) is 90.7 Å². The SMILES string of the molecule is CN(CC#Cc1ccccc1)[C@@H]1CCN(C(=O)C(c2ccccc2)c2ccccc2)[C@H](C(=O)CS(=O)(=O)N(C)C)C1. The van der Waals surface area contributed by atoms with Crippen molar-refractivity contribution in [2.24, 2.45) is 0 Å². The fourth-order valence-corrected chi connectivity index (χ4v) is 5.98. The van der Waals surface area contributed by atoms with Gasteiger partial charge in [-0.25, -0.2) is 12.7 Å². The normalized spacial score (nSPS) is 17.4. The first kappa shape index (κ1) is 30.2. The third-order valence-electron chi connectivity index (χ3n) is 7.58. The molecule has 4 rings (SSSR count). The maximum atomic E-state index is 14.3. The number of ketones is 1. The van der Waals surface area contributed by atoms with E-state index < -0.39 is 33.5 Å². The Balaban J connectivity index is 1.61. The summed E-state index contributed by atoms with van der Waals surface area (Å²) in [5.41, 5.74) is 2.58. The van der Waals surface area contributed by atoms with Gasteiger partial charge in [0.05, 0.1) is 18.5 Å². The summed E-state index contributed by atoms with van der Waals surface area (Å²) in [7, 11) is 0.986. The van der Waals surface area contributed by atoms with Crippen molar-refractivity contribution in [2.45, 2.75) is 30.8 Å². The molecule has 1 amide bonds. The molecule has 0 aromatic heterocycles. The molecule has 0 unspecified atom stereocenters. The van der Waals surface area contributed by atoms with Gasteiger partial charge in [-0.05, 0) is 43.1 Å². The first-order chi connectivity index (χ1) is 19.7. The van der Waals surface area contributed by atoms with Crippen LogP contribution in [0.15, 0.2) is 91.0 Å². The lowest BCUT2D eigenvalue weighted by molar-refractivity contribution is -0.142. The number of rotatable bonds is 9. The van der Waals surface area contributed by atoms with Gasteiger partial charge in [0.25, 0.3) is 0 Å². The van der Waals surface area contributed by atoms with Crippen LogP contribution in [-0.4, -0.2) is 86.3 Å². The number of nitrogens with zero attached hydrogens (tertiary/aromatic N) is 3. The average Bonchev–Trinajstić information content (AvgIpc) is 2.98. The van der Waals surface area contributed by atoms with E-state index in [4.69, 9.17) is 0 Å². The number of amides is 1. The zero-order chi connectivity index (χ0) is 29.4. The molecule has 0 bridgehead atoms. The third kappa shape index (κ3) is 7.70. The van der Waals surface area contributed by atoms with Crippen molar-refractivity contribution in [3.05, 3.63) is 108 Å². The van der Waals surface area contributed by atoms with Gasteiger partial charge < -0.3 is 4.90 Å². The van der Waals surface area contributed by atoms with E-state index in [2.05, 4.69) is 16.7 Å². The summed E-state index contributed by atoms with van der Waals surface area (Å²) in [4.78, 5) is 31.6. The number of carbonyl (C=O) groups is 2. The quantitative estimate of drug-likeness (QED) is 0.367. The van der Waals surface area contributed by atoms with Gasteiger partial charge in [-0.3, -0.25) is 14.5 Å². The topological polar surface area (TPSA) is 78.0 Å². The molecule has 1 aliphatic rings. The van der Waals surface area contributed by atoms with Crippen molar-refractivity contribution in [1.29, 1.82) is 0 Å². The van der Waals surface area contributed by atoms with Crippen molar-refractivity contribution >= 4 is 21.7 Å². The summed E-state index contributed by atoms with van der Waals surface area (Å²) >= 11 is 0. The molecular formula is C33H37N3O4S. The second-order valence-corrected chi connectivity index (χ2v) is 12.8. The molecule has 3 aromatic rings. The Hall–Kier alpha value is -3.77. The van der Waals surface area contributed by atoms with Crippen molar-refractivity contribution in [3.63, 3.8) is 0 Å². The Morgan fingerprint density at radius 3 is 1.95 bits per heavy atom. The number of hydrogen-bond acceptors (Lipinski definition) is 5. The second-order valence-electron chi connectivity index (χ2n) is 10.6. The summed E-state index contributed by atoms with van der Waals surface area (Å²) < 4.78 is 26.5. The molecule has 1 aliphatic heterocycles. The lowest BCUT2D eigenvalue weighted by Crippen LogP contribution is -2.56. The first-order valence-corrected chi connectivity index (χ1v) is 15.4. The summed E-state index contributed by atoms with van der Waals surface area (Å²) in [6, 6.07) is 27.8. The van der Waals surface area contributed by atoms with E-state index in [1.165, 1.54) is 14.1 Å². The predicted octanol–water partition coefficient (Wildman–Crippen LogP) is 3.62. The first-order valence-electron chi connectivity index (χ1n) is 13.7. The van der Waals surface area contributed by atoms with Crippen LogP contribution >= 0.6 is 0 Å². The zero-order valence-electron chi connectivity index (χ0n) is 23.8. The van der Waals surface area contributed by atoms with Crippen molar-refractivity contribution in [2.75, 3.05) is 40.0 Å². The maximum absolute atomic E-state index is 14.3. The van der Waals surface area contributed by atoms with E-state index in [1.807, 2.05) is 98.0 Å². The fraction of sp³-hybridized carbons (Fsp3) is 0.333. The number of likely N-dealkylation sites (tertiary alicyclic amines) is 1. The third-order valence-corrected chi connectivity index (χ3v) is 9.34. The van der Waals surface area contributed by atoms with E-state index >= 15 is 0 Å². The van der Waals surface area contributed by atoms with Crippen LogP contribution in [0.1, 0.15) is 35.4 Å². The summed E-state index contributed by atoms with van der Waals surface area (Å²) in [5, 5.41) is 0. The minimum absolute atomic E-state index is 0.0352. The van der Waals surface area contributed by atoms with Gasteiger partial charge in [-0.15, -0.1) is 0 Å². The van der Waals surface area contributed by atoms with Crippen LogP contribution in [0, 0.1) is 11.8 Å². The zero-order valence-corrected chi connectivity index (χ0v) is 24.6. The smallest absolute Gasteiger partial charge is 0.235 e. The molecule has 7 nitrogen and oxygen atoms in total. The molecule has 2 atom stereocenters. The van der Waals surface area contributed by atoms with Crippen molar-refractivity contribution in [1.82, 2.24) is 14.1 Å². The van der Waals surface area contributed by atoms with Crippen LogP contribution < -0.4 is 0 Å². The largest absolute Gasteiger partial charge is 0.332 e. The average molecular weight is 572 g/mol. The summed E-state index contributed by atoms with van der Waals surface area (Å²) in [6.45, 7) is 0.829. The maximum Gasteiger partial charge on any atom is 0.235 e. The van der Waals surface area contributed by atoms with Crippen LogP contribution in [0.3, 0.4) is 0 Å². The fourth-order valence-electron chi connectivity index (χ4n) is 5.17. The molecule has 8 heteroatoms. The molecule has 0 spiro atoms. The lowest BCUT2D eigenvalue weighted by Gasteiger charge is -2.42. The molecule has 1 fully saturated rings. The van der Waals surface area contributed by atoms with Crippen molar-refractivity contribution < 1.29 is 18.0 Å². The van der Waals surface area contributed by atoms with E-state index in [0.29, 0.717) is 25.9 Å². The second kappa shape index (κ2) is 13.7. The molecule has 0 aliphatic carbocycles. The van der Waals surface area contributed by atoms with Crippen LogP contribution in [0.2, 0.25) is 0 Å². The summed E-state index contributed by atoms with van der Waals surface area (Å²) in [6.07, 6.45) is 0.989. The van der Waals surface area contributed by atoms with Gasteiger partial charge in [0.1, 0.15) is 5.75 Å². The molecule has 1 saturated heterocycles. The standard InChI is InChI=1S/C33H37N3O4S/c1-34(2)41(39,40)25-31(37)30-24-29(35(3)22-13-16-26-14-7-4-8-15-26)21-23-36(30)33(38)32(27-17-9-5-10-18-27)28-19-11-6-12-20-28/h4-12,14-15,17-20,29-30,32H,21-25H2,1-3H3/t29-,30+/m1/s1. The Bertz CT molecular complexity index is 1440. The number of benzene rings is 3. The molecule has 0 saturated carbocycles. The van der Waals surface area contributed by atoms with Gasteiger partial charge in [0.2, 0.25) is 15.9 Å². The van der Waals surface area contributed by atoms with Gasteiger partial charge >= 0.3 is 0 Å². The van der Waals surface area contributed by atoms with E-state index in [1.54, 1.807) is 4.90 Å². The number of hydrogen-bond donors (Lipinski definition) is 0. The molecular weight excluding hydrogens is 534 g/mol. The Morgan fingerprint density at radius 2 is 1.41 bits per heavy atom. The minimum atomic E-state index is -3.79. The number of Topliss-reactive ketones (excluding diaryl/α,β-unsaturated/α-hetero) is 1. The summed E-state index contributed by atoms with van der Waals surface area (Å²) in [5.74, 6) is 4.43. The van der Waals surface area contributed by atoms with Crippen LogP contribution in [-0.2, 0) is 19.6 Å². The highest BCUT2D eigenvalue weighted by Crippen LogP contribution is 2.31. The molecule has 0 N–H and O–H groups in total. The highest BCUT2D eigenvalue weighted by Gasteiger charge is 2.41. The van der Waals surface area contributed by atoms with Crippen LogP contribution in [0.5, 0.6) is 0 Å². The van der Waals surface area contributed by atoms with Gasteiger partial charge in [-0.2, -0.15) is 0 Å².